The van der Waals surface area contributed by atoms with Gasteiger partial charge in [-0.1, -0.05) is 24.3 Å². The Morgan fingerprint density at radius 3 is 2.64 bits per heavy atom. The summed E-state index contributed by atoms with van der Waals surface area (Å²) in [5.74, 6) is -0.00710. The van der Waals surface area contributed by atoms with E-state index in [1.165, 1.54) is 4.57 Å². The normalized spacial score (nSPS) is 15.9. The number of hydrogen-bond donors (Lipinski definition) is 1. The van der Waals surface area contributed by atoms with Crippen molar-refractivity contribution < 1.29 is 9.53 Å². The SMILES string of the molecule is CCn1c(N2CCCC(N)C2)nc2c1c(=O)n(Cc1nc(C)cc3ccccc13)c(=O)n2CC(=O)OC(C)C. The molecule has 1 aromatic carbocycles. The summed E-state index contributed by atoms with van der Waals surface area (Å²) < 4.78 is 9.57. The van der Waals surface area contributed by atoms with E-state index in [0.29, 0.717) is 24.7 Å². The smallest absolute Gasteiger partial charge is 0.333 e. The van der Waals surface area contributed by atoms with Crippen molar-refractivity contribution in [1.82, 2.24) is 23.7 Å². The maximum Gasteiger partial charge on any atom is 0.333 e. The molecule has 0 amide bonds. The summed E-state index contributed by atoms with van der Waals surface area (Å²) in [6.45, 7) is 8.67. The second kappa shape index (κ2) is 10.6. The van der Waals surface area contributed by atoms with Crippen molar-refractivity contribution in [3.05, 3.63) is 62.6 Å². The zero-order valence-corrected chi connectivity index (χ0v) is 22.9. The summed E-state index contributed by atoms with van der Waals surface area (Å²) in [6, 6.07) is 9.69. The molecule has 0 spiro atoms. The first-order valence-electron chi connectivity index (χ1n) is 13.5. The highest BCUT2D eigenvalue weighted by molar-refractivity contribution is 5.85. The van der Waals surface area contributed by atoms with Crippen LogP contribution in [0, 0.1) is 6.92 Å². The quantitative estimate of drug-likeness (QED) is 0.358. The molecule has 1 aliphatic heterocycles. The van der Waals surface area contributed by atoms with Crippen LogP contribution in [0.25, 0.3) is 21.9 Å². The number of rotatable bonds is 7. The molecule has 206 valence electrons. The van der Waals surface area contributed by atoms with Crippen LogP contribution in [0.15, 0.2) is 39.9 Å². The summed E-state index contributed by atoms with van der Waals surface area (Å²) in [7, 11) is 0. The predicted octanol–water partition coefficient (Wildman–Crippen LogP) is 2.16. The molecule has 1 aliphatic rings. The number of aryl methyl sites for hydroxylation is 2. The molecule has 11 heteroatoms. The van der Waals surface area contributed by atoms with E-state index in [9.17, 15) is 14.4 Å². The Labute approximate surface area is 225 Å². The molecule has 0 bridgehead atoms. The van der Waals surface area contributed by atoms with Crippen LogP contribution in [0.5, 0.6) is 0 Å². The standard InChI is InChI=1S/C28H35N7O4/c1-5-33-24-25(31-27(33)32-12-8-10-20(29)14-32)34(16-23(36)39-17(2)3)28(38)35(26(24)37)15-22-21-11-7-6-9-19(21)13-18(4)30-22/h6-7,9,11,13,17,20H,5,8,10,12,14-16,29H2,1-4H3. The maximum absolute atomic E-state index is 14.0. The highest BCUT2D eigenvalue weighted by Crippen LogP contribution is 2.24. The van der Waals surface area contributed by atoms with Gasteiger partial charge >= 0.3 is 11.7 Å². The van der Waals surface area contributed by atoms with E-state index >= 15 is 0 Å². The largest absolute Gasteiger partial charge is 0.462 e. The molecule has 0 aliphatic carbocycles. The number of fused-ring (bicyclic) bond motifs is 2. The van der Waals surface area contributed by atoms with Gasteiger partial charge in [0.25, 0.3) is 5.56 Å². The Hall–Kier alpha value is -3.99. The summed E-state index contributed by atoms with van der Waals surface area (Å²) in [5, 5.41) is 1.82. The zero-order chi connectivity index (χ0) is 27.8. The Morgan fingerprint density at radius 2 is 1.92 bits per heavy atom. The first-order chi connectivity index (χ1) is 18.7. The molecular weight excluding hydrogens is 498 g/mol. The van der Waals surface area contributed by atoms with Gasteiger partial charge in [0.05, 0.1) is 18.3 Å². The molecule has 1 unspecified atom stereocenters. The van der Waals surface area contributed by atoms with E-state index in [1.54, 1.807) is 13.8 Å². The number of imidazole rings is 1. The van der Waals surface area contributed by atoms with Gasteiger partial charge in [0.15, 0.2) is 11.2 Å². The fourth-order valence-corrected chi connectivity index (χ4v) is 5.41. The van der Waals surface area contributed by atoms with Crippen LogP contribution in [-0.2, 0) is 29.2 Å². The summed E-state index contributed by atoms with van der Waals surface area (Å²) in [5.41, 5.74) is 6.95. The van der Waals surface area contributed by atoms with Crippen molar-refractivity contribution in [2.24, 2.45) is 5.73 Å². The number of ether oxygens (including phenoxy) is 1. The highest BCUT2D eigenvalue weighted by atomic mass is 16.5. The molecule has 4 aromatic rings. The highest BCUT2D eigenvalue weighted by Gasteiger charge is 2.27. The van der Waals surface area contributed by atoms with E-state index in [0.717, 1.165) is 40.4 Å². The topological polar surface area (TPSA) is 130 Å². The van der Waals surface area contributed by atoms with Crippen molar-refractivity contribution in [2.75, 3.05) is 18.0 Å². The molecule has 1 saturated heterocycles. The Balaban J connectivity index is 1.74. The van der Waals surface area contributed by atoms with E-state index in [4.69, 9.17) is 15.5 Å². The molecule has 1 atom stereocenters. The number of nitrogens with zero attached hydrogens (tertiary/aromatic N) is 6. The zero-order valence-electron chi connectivity index (χ0n) is 22.9. The van der Waals surface area contributed by atoms with Crippen LogP contribution in [-0.4, -0.2) is 54.9 Å². The Morgan fingerprint density at radius 1 is 1.15 bits per heavy atom. The number of carbonyl (C=O) groups excluding carboxylic acids is 1. The third kappa shape index (κ3) is 5.06. The summed E-state index contributed by atoms with van der Waals surface area (Å²) in [6.07, 6.45) is 1.47. The second-order valence-electron chi connectivity index (χ2n) is 10.4. The number of hydrogen-bond acceptors (Lipinski definition) is 8. The maximum atomic E-state index is 14.0. The molecule has 11 nitrogen and oxygen atoms in total. The molecule has 4 heterocycles. The lowest BCUT2D eigenvalue weighted by Crippen LogP contribution is -2.44. The minimum atomic E-state index is -0.636. The van der Waals surface area contributed by atoms with Gasteiger partial charge in [-0.25, -0.2) is 4.79 Å². The van der Waals surface area contributed by atoms with Gasteiger partial charge in [0.2, 0.25) is 5.95 Å². The second-order valence-corrected chi connectivity index (χ2v) is 10.4. The van der Waals surface area contributed by atoms with Crippen LogP contribution in [0.1, 0.15) is 45.0 Å². The average molecular weight is 534 g/mol. The van der Waals surface area contributed by atoms with E-state index < -0.39 is 17.2 Å². The fraction of sp³-hybridized carbons (Fsp3) is 0.464. The number of benzene rings is 1. The first-order valence-corrected chi connectivity index (χ1v) is 13.5. The molecule has 0 radical (unpaired) electrons. The lowest BCUT2D eigenvalue weighted by Gasteiger charge is -2.31. The number of esters is 1. The van der Waals surface area contributed by atoms with Crippen molar-refractivity contribution >= 4 is 33.9 Å². The van der Waals surface area contributed by atoms with E-state index in [-0.39, 0.29) is 36.4 Å². The van der Waals surface area contributed by atoms with Gasteiger partial charge in [-0.2, -0.15) is 4.98 Å². The monoisotopic (exact) mass is 533 g/mol. The molecule has 1 fully saturated rings. The molecule has 5 rings (SSSR count). The Kier molecular flexibility index (Phi) is 7.26. The molecule has 3 aromatic heterocycles. The molecule has 2 N–H and O–H groups in total. The van der Waals surface area contributed by atoms with Crippen molar-refractivity contribution in [3.8, 4) is 0 Å². The third-order valence-corrected chi connectivity index (χ3v) is 7.06. The minimum absolute atomic E-state index is 0.00980. The molecular formula is C28H35N7O4. The minimum Gasteiger partial charge on any atom is -0.462 e. The van der Waals surface area contributed by atoms with Crippen molar-refractivity contribution in [3.63, 3.8) is 0 Å². The number of nitrogens with two attached hydrogens (primary N) is 1. The number of anilines is 1. The average Bonchev–Trinajstić information content (AvgIpc) is 3.28. The predicted molar refractivity (Wildman–Crippen MR) is 150 cm³/mol. The number of pyridine rings is 1. The fourth-order valence-electron chi connectivity index (χ4n) is 5.41. The van der Waals surface area contributed by atoms with Crippen LogP contribution >= 0.6 is 0 Å². The number of aromatic nitrogens is 5. The lowest BCUT2D eigenvalue weighted by atomic mass is 10.1. The van der Waals surface area contributed by atoms with Crippen LogP contribution in [0.2, 0.25) is 0 Å². The van der Waals surface area contributed by atoms with Crippen LogP contribution < -0.4 is 21.9 Å². The third-order valence-electron chi connectivity index (χ3n) is 7.06. The molecule has 0 saturated carbocycles. The van der Waals surface area contributed by atoms with Gasteiger partial charge in [-0.15, -0.1) is 0 Å². The van der Waals surface area contributed by atoms with Crippen molar-refractivity contribution in [1.29, 1.82) is 0 Å². The number of piperidine rings is 1. The Bertz CT molecular complexity index is 1670. The van der Waals surface area contributed by atoms with Gasteiger partial charge in [0.1, 0.15) is 6.54 Å². The van der Waals surface area contributed by atoms with Gasteiger partial charge in [0, 0.05) is 36.8 Å². The van der Waals surface area contributed by atoms with Gasteiger partial charge in [-0.05, 0) is 52.0 Å². The summed E-state index contributed by atoms with van der Waals surface area (Å²) in [4.78, 5) is 52.2. The first kappa shape index (κ1) is 26.6. The summed E-state index contributed by atoms with van der Waals surface area (Å²) >= 11 is 0. The van der Waals surface area contributed by atoms with E-state index in [1.807, 2.05) is 48.7 Å². The van der Waals surface area contributed by atoms with Crippen molar-refractivity contribution in [2.45, 2.75) is 72.3 Å². The van der Waals surface area contributed by atoms with E-state index in [2.05, 4.69) is 9.88 Å². The number of carbonyl (C=O) groups is 1. The van der Waals surface area contributed by atoms with Gasteiger partial charge < -0.3 is 19.9 Å². The molecule has 39 heavy (non-hydrogen) atoms. The van der Waals surface area contributed by atoms with Crippen LogP contribution in [0.3, 0.4) is 0 Å². The van der Waals surface area contributed by atoms with Gasteiger partial charge in [-0.3, -0.25) is 23.7 Å². The lowest BCUT2D eigenvalue weighted by molar-refractivity contribution is -0.148. The van der Waals surface area contributed by atoms with Crippen LogP contribution in [0.4, 0.5) is 5.95 Å².